The Kier molecular flexibility index (Phi) is 4.49. The van der Waals surface area contributed by atoms with Crippen LogP contribution in [-0.4, -0.2) is 40.6 Å². The Morgan fingerprint density at radius 2 is 2.15 bits per heavy atom. The molecule has 27 heavy (non-hydrogen) atoms. The molecule has 1 atom stereocenters. The van der Waals surface area contributed by atoms with Gasteiger partial charge in [-0.25, -0.2) is 4.98 Å². The van der Waals surface area contributed by atoms with Crippen LogP contribution in [0.3, 0.4) is 0 Å². The molecule has 1 unspecified atom stereocenters. The molecule has 0 saturated heterocycles. The number of amides is 1. The number of aromatic amines is 1. The second kappa shape index (κ2) is 6.96. The SMILES string of the molecule is COc1ccc2nc(SC(C)C(=O)c3ccc4c(c3)NC(=O)CO4)[nH]c2c1. The number of fused-ring (bicyclic) bond motifs is 2. The lowest BCUT2D eigenvalue weighted by Crippen LogP contribution is -2.25. The third-order valence-electron chi connectivity index (χ3n) is 4.22. The van der Waals surface area contributed by atoms with Crippen molar-refractivity contribution >= 4 is 40.2 Å². The maximum Gasteiger partial charge on any atom is 0.262 e. The van der Waals surface area contributed by atoms with E-state index in [4.69, 9.17) is 9.47 Å². The number of ketones is 1. The van der Waals surface area contributed by atoms with Crippen LogP contribution >= 0.6 is 11.8 Å². The minimum absolute atomic E-state index is 0.0105. The Balaban J connectivity index is 1.52. The summed E-state index contributed by atoms with van der Waals surface area (Å²) in [5.41, 5.74) is 2.69. The van der Waals surface area contributed by atoms with Crippen LogP contribution in [0, 0.1) is 0 Å². The topological polar surface area (TPSA) is 93.3 Å². The minimum atomic E-state index is -0.356. The van der Waals surface area contributed by atoms with E-state index in [-0.39, 0.29) is 23.5 Å². The van der Waals surface area contributed by atoms with E-state index in [2.05, 4.69) is 15.3 Å². The Morgan fingerprint density at radius 1 is 1.30 bits per heavy atom. The highest BCUT2D eigenvalue weighted by Gasteiger charge is 2.22. The van der Waals surface area contributed by atoms with Gasteiger partial charge in [0.05, 0.1) is 29.1 Å². The first-order valence-corrected chi connectivity index (χ1v) is 9.23. The van der Waals surface area contributed by atoms with E-state index in [1.807, 2.05) is 25.1 Å². The summed E-state index contributed by atoms with van der Waals surface area (Å²) in [6.07, 6.45) is 0. The lowest BCUT2D eigenvalue weighted by atomic mass is 10.1. The van der Waals surface area contributed by atoms with Crippen molar-refractivity contribution < 1.29 is 19.1 Å². The first-order valence-electron chi connectivity index (χ1n) is 8.35. The highest BCUT2D eigenvalue weighted by Crippen LogP contribution is 2.31. The molecule has 0 saturated carbocycles. The third kappa shape index (κ3) is 3.48. The van der Waals surface area contributed by atoms with Crippen molar-refractivity contribution in [2.24, 2.45) is 0 Å². The van der Waals surface area contributed by atoms with Gasteiger partial charge in [0.15, 0.2) is 17.5 Å². The van der Waals surface area contributed by atoms with Gasteiger partial charge < -0.3 is 19.8 Å². The van der Waals surface area contributed by atoms with Gasteiger partial charge in [-0.2, -0.15) is 0 Å². The van der Waals surface area contributed by atoms with E-state index in [0.29, 0.717) is 22.2 Å². The maximum atomic E-state index is 12.8. The molecule has 2 N–H and O–H groups in total. The predicted octanol–water partition coefficient (Wildman–Crippen LogP) is 3.27. The Labute approximate surface area is 159 Å². The van der Waals surface area contributed by atoms with Gasteiger partial charge in [0.1, 0.15) is 11.5 Å². The number of nitrogens with one attached hydrogen (secondary N) is 2. The summed E-state index contributed by atoms with van der Waals surface area (Å²) in [5.74, 6) is 1.02. The summed E-state index contributed by atoms with van der Waals surface area (Å²) in [5, 5.41) is 3.02. The normalized spacial score (nSPS) is 14.2. The van der Waals surface area contributed by atoms with Gasteiger partial charge >= 0.3 is 0 Å². The van der Waals surface area contributed by atoms with Crippen molar-refractivity contribution in [3.63, 3.8) is 0 Å². The van der Waals surface area contributed by atoms with Crippen LogP contribution in [0.1, 0.15) is 17.3 Å². The highest BCUT2D eigenvalue weighted by molar-refractivity contribution is 8.00. The molecule has 0 spiro atoms. The highest BCUT2D eigenvalue weighted by atomic mass is 32.2. The second-order valence-corrected chi connectivity index (χ2v) is 7.43. The standard InChI is InChI=1S/C19H17N3O4S/c1-10(27-19-21-13-5-4-12(25-2)8-14(13)22-19)18(24)11-3-6-16-15(7-11)20-17(23)9-26-16/h3-8,10H,9H2,1-2H3,(H,20,23)(H,21,22). The van der Waals surface area contributed by atoms with E-state index in [1.165, 1.54) is 11.8 Å². The number of carbonyl (C=O) groups is 2. The van der Waals surface area contributed by atoms with Crippen LogP contribution in [-0.2, 0) is 4.79 Å². The molecule has 2 heterocycles. The van der Waals surface area contributed by atoms with Crippen LogP contribution < -0.4 is 14.8 Å². The molecule has 0 bridgehead atoms. The molecule has 1 aliphatic heterocycles. The van der Waals surface area contributed by atoms with Crippen molar-refractivity contribution in [2.75, 3.05) is 19.0 Å². The van der Waals surface area contributed by atoms with Crippen LogP contribution in [0.4, 0.5) is 5.69 Å². The average Bonchev–Trinajstić information content (AvgIpc) is 3.07. The van der Waals surface area contributed by atoms with Crippen LogP contribution in [0.5, 0.6) is 11.5 Å². The van der Waals surface area contributed by atoms with Crippen molar-refractivity contribution in [3.8, 4) is 11.5 Å². The third-order valence-corrected chi connectivity index (χ3v) is 5.21. The monoisotopic (exact) mass is 383 g/mol. The quantitative estimate of drug-likeness (QED) is 0.519. The molecule has 1 aliphatic rings. The summed E-state index contributed by atoms with van der Waals surface area (Å²) in [6.45, 7) is 1.82. The number of Topliss-reactive ketones (excluding diaryl/α,β-unsaturated/α-hetero) is 1. The molecule has 0 radical (unpaired) electrons. The first-order chi connectivity index (χ1) is 13.0. The van der Waals surface area contributed by atoms with Gasteiger partial charge in [0.2, 0.25) is 0 Å². The molecular weight excluding hydrogens is 366 g/mol. The van der Waals surface area contributed by atoms with Crippen LogP contribution in [0.15, 0.2) is 41.6 Å². The summed E-state index contributed by atoms with van der Waals surface area (Å²) in [7, 11) is 1.61. The maximum absolute atomic E-state index is 12.8. The van der Waals surface area contributed by atoms with Gasteiger partial charge in [-0.15, -0.1) is 0 Å². The number of methoxy groups -OCH3 is 1. The molecule has 0 aliphatic carbocycles. The van der Waals surface area contributed by atoms with Gasteiger partial charge in [-0.3, -0.25) is 9.59 Å². The van der Waals surface area contributed by atoms with E-state index in [0.717, 1.165) is 16.8 Å². The zero-order valence-electron chi connectivity index (χ0n) is 14.7. The predicted molar refractivity (Wildman–Crippen MR) is 103 cm³/mol. The molecule has 8 heteroatoms. The Hall–Kier alpha value is -3.00. The van der Waals surface area contributed by atoms with Gasteiger partial charge in [0, 0.05) is 11.6 Å². The van der Waals surface area contributed by atoms with Crippen molar-refractivity contribution in [1.82, 2.24) is 9.97 Å². The number of ether oxygens (including phenoxy) is 2. The molecule has 0 fully saturated rings. The number of carbonyl (C=O) groups excluding carboxylic acids is 2. The minimum Gasteiger partial charge on any atom is -0.497 e. The number of imidazole rings is 1. The fraction of sp³-hybridized carbons (Fsp3) is 0.211. The second-order valence-electron chi connectivity index (χ2n) is 6.10. The lowest BCUT2D eigenvalue weighted by Gasteiger charge is -2.18. The number of aromatic nitrogens is 2. The van der Waals surface area contributed by atoms with E-state index in [9.17, 15) is 9.59 Å². The Bertz CT molecular complexity index is 1050. The van der Waals surface area contributed by atoms with Crippen molar-refractivity contribution in [2.45, 2.75) is 17.3 Å². The first kappa shape index (κ1) is 17.4. The lowest BCUT2D eigenvalue weighted by molar-refractivity contribution is -0.118. The number of anilines is 1. The molecule has 3 aromatic rings. The average molecular weight is 383 g/mol. The number of thioether (sulfide) groups is 1. The number of nitrogens with zero attached hydrogens (tertiary/aromatic N) is 1. The van der Waals surface area contributed by atoms with Crippen molar-refractivity contribution in [1.29, 1.82) is 0 Å². The molecular formula is C19H17N3O4S. The molecule has 138 valence electrons. The molecule has 4 rings (SSSR count). The van der Waals surface area contributed by atoms with E-state index in [1.54, 1.807) is 25.3 Å². The number of rotatable bonds is 5. The summed E-state index contributed by atoms with van der Waals surface area (Å²) >= 11 is 1.35. The fourth-order valence-corrected chi connectivity index (χ4v) is 3.74. The number of hydrogen-bond acceptors (Lipinski definition) is 6. The largest absolute Gasteiger partial charge is 0.497 e. The van der Waals surface area contributed by atoms with Crippen molar-refractivity contribution in [3.05, 3.63) is 42.0 Å². The summed E-state index contributed by atoms with van der Waals surface area (Å²) in [4.78, 5) is 32.0. The van der Waals surface area contributed by atoms with Gasteiger partial charge in [-0.1, -0.05) is 11.8 Å². The zero-order chi connectivity index (χ0) is 19.0. The van der Waals surface area contributed by atoms with E-state index >= 15 is 0 Å². The molecule has 2 aromatic carbocycles. The summed E-state index contributed by atoms with van der Waals surface area (Å²) < 4.78 is 10.5. The number of hydrogen-bond donors (Lipinski definition) is 2. The fourth-order valence-electron chi connectivity index (χ4n) is 2.84. The van der Waals surface area contributed by atoms with Crippen LogP contribution in [0.2, 0.25) is 0 Å². The summed E-state index contributed by atoms with van der Waals surface area (Å²) in [6, 6.07) is 10.6. The van der Waals surface area contributed by atoms with Crippen LogP contribution in [0.25, 0.3) is 11.0 Å². The number of H-pyrrole nitrogens is 1. The smallest absolute Gasteiger partial charge is 0.262 e. The Morgan fingerprint density at radius 3 is 2.96 bits per heavy atom. The zero-order valence-corrected chi connectivity index (χ0v) is 15.6. The van der Waals surface area contributed by atoms with Gasteiger partial charge in [0.25, 0.3) is 5.91 Å². The number of benzene rings is 2. The molecule has 7 nitrogen and oxygen atoms in total. The van der Waals surface area contributed by atoms with E-state index < -0.39 is 0 Å². The molecule has 1 aromatic heterocycles. The molecule has 1 amide bonds. The van der Waals surface area contributed by atoms with Gasteiger partial charge in [-0.05, 0) is 37.3 Å².